The number of hydrogen-bond acceptors (Lipinski definition) is 1. The predicted octanol–water partition coefficient (Wildman–Crippen LogP) is 4.15. The van der Waals surface area contributed by atoms with Crippen molar-refractivity contribution in [3.63, 3.8) is 0 Å². The minimum Gasteiger partial charge on any atom is -0.360 e. The molecule has 0 aliphatic rings. The standard InChI is InChI=1S/C17H14FNO/c1-10-5-11(2)7-12(6-10)17(20)15-9-19-16-8-13(18)3-4-14(15)16/h3-9,19H,1-2H3. The van der Waals surface area contributed by atoms with E-state index >= 15 is 0 Å². The summed E-state index contributed by atoms with van der Waals surface area (Å²) in [6.07, 6.45) is 1.64. The van der Waals surface area contributed by atoms with Gasteiger partial charge in [0.25, 0.3) is 0 Å². The lowest BCUT2D eigenvalue weighted by Crippen LogP contribution is -2.01. The van der Waals surface area contributed by atoms with Crippen molar-refractivity contribution in [2.24, 2.45) is 0 Å². The van der Waals surface area contributed by atoms with E-state index in [1.54, 1.807) is 12.3 Å². The molecule has 0 saturated heterocycles. The summed E-state index contributed by atoms with van der Waals surface area (Å²) >= 11 is 0. The number of ketones is 1. The number of benzene rings is 2. The lowest BCUT2D eigenvalue weighted by Gasteiger charge is -2.03. The van der Waals surface area contributed by atoms with Crippen molar-refractivity contribution in [3.05, 3.63) is 70.7 Å². The zero-order chi connectivity index (χ0) is 14.3. The fourth-order valence-corrected chi connectivity index (χ4v) is 2.55. The average Bonchev–Trinajstić information content (AvgIpc) is 2.79. The number of aryl methyl sites for hydroxylation is 2. The van der Waals surface area contributed by atoms with Crippen LogP contribution in [0.25, 0.3) is 10.9 Å². The Morgan fingerprint density at radius 3 is 2.45 bits per heavy atom. The second-order valence-corrected chi connectivity index (χ2v) is 5.10. The maximum Gasteiger partial charge on any atom is 0.195 e. The fourth-order valence-electron chi connectivity index (χ4n) is 2.55. The molecule has 2 nitrogen and oxygen atoms in total. The summed E-state index contributed by atoms with van der Waals surface area (Å²) in [5.41, 5.74) is 3.98. The second-order valence-electron chi connectivity index (χ2n) is 5.10. The van der Waals surface area contributed by atoms with Crippen LogP contribution in [0.5, 0.6) is 0 Å². The maximum atomic E-state index is 13.2. The lowest BCUT2D eigenvalue weighted by atomic mass is 9.99. The molecular formula is C17H14FNO. The molecule has 1 N–H and O–H groups in total. The minimum absolute atomic E-state index is 0.0466. The molecule has 0 unspecified atom stereocenters. The molecule has 0 aliphatic carbocycles. The maximum absolute atomic E-state index is 13.2. The Morgan fingerprint density at radius 1 is 1.05 bits per heavy atom. The number of aromatic nitrogens is 1. The third kappa shape index (κ3) is 2.11. The molecule has 100 valence electrons. The quantitative estimate of drug-likeness (QED) is 0.695. The van der Waals surface area contributed by atoms with Gasteiger partial charge in [0.2, 0.25) is 0 Å². The molecule has 1 heterocycles. The first kappa shape index (κ1) is 12.6. The van der Waals surface area contributed by atoms with Crippen LogP contribution >= 0.6 is 0 Å². The topological polar surface area (TPSA) is 32.9 Å². The summed E-state index contributed by atoms with van der Waals surface area (Å²) in [4.78, 5) is 15.5. The molecule has 0 saturated carbocycles. The van der Waals surface area contributed by atoms with Crippen LogP contribution in [0.2, 0.25) is 0 Å². The van der Waals surface area contributed by atoms with Crippen LogP contribution in [0.4, 0.5) is 4.39 Å². The molecule has 1 aromatic heterocycles. The van der Waals surface area contributed by atoms with Crippen molar-refractivity contribution < 1.29 is 9.18 Å². The average molecular weight is 267 g/mol. The van der Waals surface area contributed by atoms with Gasteiger partial charge in [0.1, 0.15) is 5.82 Å². The molecule has 0 aliphatic heterocycles. The molecular weight excluding hydrogens is 253 g/mol. The van der Waals surface area contributed by atoms with Crippen molar-refractivity contribution >= 4 is 16.7 Å². The molecule has 3 heteroatoms. The van der Waals surface area contributed by atoms with E-state index in [2.05, 4.69) is 4.98 Å². The molecule has 0 fully saturated rings. The summed E-state index contributed by atoms with van der Waals surface area (Å²) in [5.74, 6) is -0.362. The second kappa shape index (κ2) is 4.60. The van der Waals surface area contributed by atoms with Crippen molar-refractivity contribution in [2.75, 3.05) is 0 Å². The van der Waals surface area contributed by atoms with Gasteiger partial charge in [0.05, 0.1) is 0 Å². The Kier molecular flexibility index (Phi) is 2.90. The Balaban J connectivity index is 2.12. The van der Waals surface area contributed by atoms with Crippen molar-refractivity contribution in [2.45, 2.75) is 13.8 Å². The number of aromatic amines is 1. The monoisotopic (exact) mass is 267 g/mol. The van der Waals surface area contributed by atoms with Crippen LogP contribution in [0, 0.1) is 19.7 Å². The van der Waals surface area contributed by atoms with Gasteiger partial charge in [-0.05, 0) is 44.2 Å². The first-order valence-corrected chi connectivity index (χ1v) is 6.44. The third-order valence-electron chi connectivity index (χ3n) is 3.37. The van der Waals surface area contributed by atoms with E-state index in [4.69, 9.17) is 0 Å². The summed E-state index contributed by atoms with van der Waals surface area (Å²) in [5, 5.41) is 0.746. The van der Waals surface area contributed by atoms with Crippen molar-refractivity contribution in [1.82, 2.24) is 4.98 Å². The van der Waals surface area contributed by atoms with E-state index in [0.717, 1.165) is 16.5 Å². The summed E-state index contributed by atoms with van der Waals surface area (Å²) in [7, 11) is 0. The van der Waals surface area contributed by atoms with Crippen LogP contribution in [-0.2, 0) is 0 Å². The number of fused-ring (bicyclic) bond motifs is 1. The Labute approximate surface area is 116 Å². The third-order valence-corrected chi connectivity index (χ3v) is 3.37. The molecule has 20 heavy (non-hydrogen) atoms. The molecule has 0 atom stereocenters. The Hall–Kier alpha value is -2.42. The van der Waals surface area contributed by atoms with Crippen molar-refractivity contribution in [1.29, 1.82) is 0 Å². The van der Waals surface area contributed by atoms with Crippen LogP contribution in [0.15, 0.2) is 42.6 Å². The van der Waals surface area contributed by atoms with Gasteiger partial charge in [0, 0.05) is 28.2 Å². The van der Waals surface area contributed by atoms with Crippen LogP contribution < -0.4 is 0 Å². The summed E-state index contributed by atoms with van der Waals surface area (Å²) in [6, 6.07) is 10.2. The van der Waals surface area contributed by atoms with E-state index in [-0.39, 0.29) is 11.6 Å². The zero-order valence-electron chi connectivity index (χ0n) is 11.3. The van der Waals surface area contributed by atoms with Crippen molar-refractivity contribution in [3.8, 4) is 0 Å². The van der Waals surface area contributed by atoms with Crippen LogP contribution in [0.3, 0.4) is 0 Å². The van der Waals surface area contributed by atoms with E-state index in [1.807, 2.05) is 32.0 Å². The van der Waals surface area contributed by atoms with E-state index < -0.39 is 0 Å². The molecule has 3 aromatic rings. The highest BCUT2D eigenvalue weighted by Gasteiger charge is 2.15. The fraction of sp³-hybridized carbons (Fsp3) is 0.118. The van der Waals surface area contributed by atoms with E-state index in [0.29, 0.717) is 16.6 Å². The van der Waals surface area contributed by atoms with E-state index in [1.165, 1.54) is 12.1 Å². The van der Waals surface area contributed by atoms with Gasteiger partial charge in [-0.25, -0.2) is 4.39 Å². The number of halogens is 1. The van der Waals surface area contributed by atoms with Gasteiger partial charge in [-0.2, -0.15) is 0 Å². The van der Waals surface area contributed by atoms with Gasteiger partial charge in [-0.15, -0.1) is 0 Å². The summed E-state index contributed by atoms with van der Waals surface area (Å²) < 4.78 is 13.2. The molecule has 0 amide bonds. The normalized spacial score (nSPS) is 10.9. The number of nitrogens with one attached hydrogen (secondary N) is 1. The first-order valence-electron chi connectivity index (χ1n) is 6.44. The largest absolute Gasteiger partial charge is 0.360 e. The van der Waals surface area contributed by atoms with Crippen LogP contribution in [0.1, 0.15) is 27.0 Å². The highest BCUT2D eigenvalue weighted by Crippen LogP contribution is 2.23. The van der Waals surface area contributed by atoms with Gasteiger partial charge in [0.15, 0.2) is 5.78 Å². The minimum atomic E-state index is -0.315. The predicted molar refractivity (Wildman–Crippen MR) is 77.6 cm³/mol. The van der Waals surface area contributed by atoms with E-state index in [9.17, 15) is 9.18 Å². The zero-order valence-corrected chi connectivity index (χ0v) is 11.3. The van der Waals surface area contributed by atoms with Gasteiger partial charge in [-0.1, -0.05) is 17.2 Å². The molecule has 0 radical (unpaired) electrons. The number of carbonyl (C=O) groups is 1. The number of carbonyl (C=O) groups excluding carboxylic acids is 1. The van der Waals surface area contributed by atoms with Gasteiger partial charge >= 0.3 is 0 Å². The number of rotatable bonds is 2. The number of hydrogen-bond donors (Lipinski definition) is 1. The summed E-state index contributed by atoms with van der Waals surface area (Å²) in [6.45, 7) is 3.93. The molecule has 2 aromatic carbocycles. The SMILES string of the molecule is Cc1cc(C)cc(C(=O)c2c[nH]c3cc(F)ccc23)c1. The molecule has 0 spiro atoms. The van der Waals surface area contributed by atoms with Gasteiger partial charge < -0.3 is 4.98 Å². The number of H-pyrrole nitrogens is 1. The lowest BCUT2D eigenvalue weighted by molar-refractivity contribution is 0.104. The highest BCUT2D eigenvalue weighted by molar-refractivity contribution is 6.16. The smallest absolute Gasteiger partial charge is 0.195 e. The van der Waals surface area contributed by atoms with Crippen LogP contribution in [-0.4, -0.2) is 10.8 Å². The first-order chi connectivity index (χ1) is 9.54. The highest BCUT2D eigenvalue weighted by atomic mass is 19.1. The van der Waals surface area contributed by atoms with Gasteiger partial charge in [-0.3, -0.25) is 4.79 Å². The Morgan fingerprint density at radius 2 is 1.75 bits per heavy atom. The Bertz CT molecular complexity index is 797. The molecule has 0 bridgehead atoms. The molecule has 3 rings (SSSR count).